The molecule has 2 rings (SSSR count). The standard InChI is InChI=1S/C13H11F3N2O3/c1-21-10-3-2-8(6-9(10)12(19)20)7-18-5-4-11(17-18)13(14,15)16/h2-6H,7H2,1H3,(H,19,20). The number of carboxylic acids is 1. The molecule has 1 aromatic heterocycles. The molecule has 112 valence electrons. The van der Waals surface area contributed by atoms with Gasteiger partial charge in [0.2, 0.25) is 0 Å². The number of rotatable bonds is 4. The molecule has 0 aliphatic rings. The molecule has 0 amide bonds. The maximum absolute atomic E-state index is 12.4. The maximum Gasteiger partial charge on any atom is 0.435 e. The topological polar surface area (TPSA) is 64.4 Å². The monoisotopic (exact) mass is 300 g/mol. The van der Waals surface area contributed by atoms with Gasteiger partial charge >= 0.3 is 12.1 Å². The lowest BCUT2D eigenvalue weighted by molar-refractivity contribution is -0.141. The van der Waals surface area contributed by atoms with Crippen LogP contribution in [0, 0.1) is 0 Å². The van der Waals surface area contributed by atoms with Crippen molar-refractivity contribution in [1.82, 2.24) is 9.78 Å². The van der Waals surface area contributed by atoms with Gasteiger partial charge in [-0.2, -0.15) is 18.3 Å². The molecular weight excluding hydrogens is 289 g/mol. The van der Waals surface area contributed by atoms with E-state index in [-0.39, 0.29) is 17.9 Å². The summed E-state index contributed by atoms with van der Waals surface area (Å²) in [6, 6.07) is 5.23. The fraction of sp³-hybridized carbons (Fsp3) is 0.231. The zero-order valence-electron chi connectivity index (χ0n) is 10.9. The lowest BCUT2D eigenvalue weighted by atomic mass is 10.1. The van der Waals surface area contributed by atoms with Crippen LogP contribution in [-0.2, 0) is 12.7 Å². The SMILES string of the molecule is COc1ccc(Cn2ccc(C(F)(F)F)n2)cc1C(=O)O. The largest absolute Gasteiger partial charge is 0.496 e. The van der Waals surface area contributed by atoms with Crippen LogP contribution in [0.25, 0.3) is 0 Å². The van der Waals surface area contributed by atoms with Crippen molar-refractivity contribution in [2.75, 3.05) is 7.11 Å². The molecule has 8 heteroatoms. The van der Waals surface area contributed by atoms with E-state index < -0.39 is 17.8 Å². The summed E-state index contributed by atoms with van der Waals surface area (Å²) >= 11 is 0. The summed E-state index contributed by atoms with van der Waals surface area (Å²) in [6.07, 6.45) is -3.31. The van der Waals surface area contributed by atoms with Crippen LogP contribution in [0.1, 0.15) is 21.6 Å². The highest BCUT2D eigenvalue weighted by Crippen LogP contribution is 2.27. The minimum absolute atomic E-state index is 0.0281. The minimum Gasteiger partial charge on any atom is -0.496 e. The molecule has 2 aromatic rings. The predicted octanol–water partition coefficient (Wildman–Crippen LogP) is 2.66. The number of nitrogens with zero attached hydrogens (tertiary/aromatic N) is 2. The van der Waals surface area contributed by atoms with E-state index in [1.807, 2.05) is 0 Å². The van der Waals surface area contributed by atoms with Crippen molar-refractivity contribution in [2.45, 2.75) is 12.7 Å². The van der Waals surface area contributed by atoms with Gasteiger partial charge in [-0.25, -0.2) is 4.79 Å². The van der Waals surface area contributed by atoms with Crippen molar-refractivity contribution >= 4 is 5.97 Å². The number of alkyl halides is 3. The van der Waals surface area contributed by atoms with Gasteiger partial charge in [-0.15, -0.1) is 0 Å². The van der Waals surface area contributed by atoms with Crippen molar-refractivity contribution in [2.24, 2.45) is 0 Å². The smallest absolute Gasteiger partial charge is 0.435 e. The van der Waals surface area contributed by atoms with E-state index in [0.29, 0.717) is 5.56 Å². The molecule has 0 atom stereocenters. The highest BCUT2D eigenvalue weighted by molar-refractivity contribution is 5.91. The van der Waals surface area contributed by atoms with Gasteiger partial charge in [0.25, 0.3) is 0 Å². The molecule has 0 unspecified atom stereocenters. The number of hydrogen-bond donors (Lipinski definition) is 1. The third kappa shape index (κ3) is 3.33. The van der Waals surface area contributed by atoms with Crippen LogP contribution in [0.15, 0.2) is 30.5 Å². The van der Waals surface area contributed by atoms with Crippen LogP contribution in [-0.4, -0.2) is 28.0 Å². The highest BCUT2D eigenvalue weighted by Gasteiger charge is 2.33. The van der Waals surface area contributed by atoms with Gasteiger partial charge in [0.05, 0.1) is 13.7 Å². The Balaban J connectivity index is 2.26. The van der Waals surface area contributed by atoms with Gasteiger partial charge in [0.1, 0.15) is 11.3 Å². The Hall–Kier alpha value is -2.51. The van der Waals surface area contributed by atoms with E-state index in [0.717, 1.165) is 10.7 Å². The lowest BCUT2D eigenvalue weighted by Crippen LogP contribution is -2.09. The fourth-order valence-corrected chi connectivity index (χ4v) is 1.81. The summed E-state index contributed by atoms with van der Waals surface area (Å²) in [4.78, 5) is 11.1. The van der Waals surface area contributed by atoms with Crippen LogP contribution in [0.4, 0.5) is 13.2 Å². The Bertz CT molecular complexity index is 665. The second-order valence-electron chi connectivity index (χ2n) is 4.24. The Morgan fingerprint density at radius 2 is 2.10 bits per heavy atom. The third-order valence-electron chi connectivity index (χ3n) is 2.77. The Morgan fingerprint density at radius 1 is 1.38 bits per heavy atom. The Kier molecular flexibility index (Phi) is 3.88. The minimum atomic E-state index is -4.50. The Labute approximate surface area is 117 Å². The fourth-order valence-electron chi connectivity index (χ4n) is 1.81. The van der Waals surface area contributed by atoms with E-state index in [4.69, 9.17) is 9.84 Å². The van der Waals surface area contributed by atoms with Crippen LogP contribution < -0.4 is 4.74 Å². The van der Waals surface area contributed by atoms with E-state index in [2.05, 4.69) is 5.10 Å². The molecule has 0 spiro atoms. The molecular formula is C13H11F3N2O3. The quantitative estimate of drug-likeness (QED) is 0.943. The normalized spacial score (nSPS) is 11.4. The summed E-state index contributed by atoms with van der Waals surface area (Å²) < 4.78 is 43.3. The molecule has 21 heavy (non-hydrogen) atoms. The zero-order valence-corrected chi connectivity index (χ0v) is 10.9. The average molecular weight is 300 g/mol. The van der Waals surface area contributed by atoms with Crippen LogP contribution >= 0.6 is 0 Å². The molecule has 0 saturated heterocycles. The van der Waals surface area contributed by atoms with Gasteiger partial charge in [0, 0.05) is 6.20 Å². The number of carbonyl (C=O) groups is 1. The van der Waals surface area contributed by atoms with E-state index >= 15 is 0 Å². The van der Waals surface area contributed by atoms with E-state index in [1.54, 1.807) is 6.07 Å². The first kappa shape index (κ1) is 14.9. The summed E-state index contributed by atoms with van der Waals surface area (Å²) in [7, 11) is 1.34. The molecule has 1 aromatic carbocycles. The predicted molar refractivity (Wildman–Crippen MR) is 66.3 cm³/mol. The highest BCUT2D eigenvalue weighted by atomic mass is 19.4. The number of aromatic nitrogens is 2. The van der Waals surface area contributed by atoms with E-state index in [1.165, 1.54) is 25.4 Å². The average Bonchev–Trinajstić information content (AvgIpc) is 2.87. The van der Waals surface area contributed by atoms with Crippen LogP contribution in [0.2, 0.25) is 0 Å². The van der Waals surface area contributed by atoms with Gasteiger partial charge in [-0.3, -0.25) is 4.68 Å². The molecule has 5 nitrogen and oxygen atoms in total. The number of methoxy groups -OCH3 is 1. The molecule has 0 aliphatic heterocycles. The summed E-state index contributed by atoms with van der Waals surface area (Å²) in [5.41, 5.74) is -0.544. The summed E-state index contributed by atoms with van der Waals surface area (Å²) in [5.74, 6) is -0.993. The second-order valence-corrected chi connectivity index (χ2v) is 4.24. The zero-order chi connectivity index (χ0) is 15.6. The molecule has 0 radical (unpaired) electrons. The van der Waals surface area contributed by atoms with Gasteiger partial charge < -0.3 is 9.84 Å². The molecule has 0 saturated carbocycles. The first-order chi connectivity index (χ1) is 9.81. The van der Waals surface area contributed by atoms with Gasteiger partial charge in [0.15, 0.2) is 5.69 Å². The molecule has 1 heterocycles. The number of hydrogen-bond acceptors (Lipinski definition) is 3. The number of halogens is 3. The van der Waals surface area contributed by atoms with Crippen molar-refractivity contribution in [3.8, 4) is 5.75 Å². The van der Waals surface area contributed by atoms with E-state index in [9.17, 15) is 18.0 Å². The van der Waals surface area contributed by atoms with Crippen molar-refractivity contribution in [3.63, 3.8) is 0 Å². The van der Waals surface area contributed by atoms with Gasteiger partial charge in [-0.05, 0) is 23.8 Å². The third-order valence-corrected chi connectivity index (χ3v) is 2.77. The number of aromatic carboxylic acids is 1. The molecule has 0 bridgehead atoms. The maximum atomic E-state index is 12.4. The number of carboxylic acid groups (broad SMARTS) is 1. The first-order valence-corrected chi connectivity index (χ1v) is 5.82. The first-order valence-electron chi connectivity index (χ1n) is 5.82. The van der Waals surface area contributed by atoms with Crippen LogP contribution in [0.3, 0.4) is 0 Å². The summed E-state index contributed by atoms with van der Waals surface area (Å²) in [6.45, 7) is 0.0281. The van der Waals surface area contributed by atoms with Crippen molar-refractivity contribution in [3.05, 3.63) is 47.3 Å². The number of benzene rings is 1. The van der Waals surface area contributed by atoms with Gasteiger partial charge in [-0.1, -0.05) is 6.07 Å². The molecule has 0 fully saturated rings. The Morgan fingerprint density at radius 3 is 2.62 bits per heavy atom. The van der Waals surface area contributed by atoms with Crippen molar-refractivity contribution < 1.29 is 27.8 Å². The summed E-state index contributed by atoms with van der Waals surface area (Å²) in [5, 5.41) is 12.5. The van der Waals surface area contributed by atoms with Crippen molar-refractivity contribution in [1.29, 1.82) is 0 Å². The molecule has 1 N–H and O–H groups in total. The lowest BCUT2D eigenvalue weighted by Gasteiger charge is -2.08. The second kappa shape index (κ2) is 5.47. The number of ether oxygens (including phenoxy) is 1. The molecule has 0 aliphatic carbocycles. The van der Waals surface area contributed by atoms with Crippen LogP contribution in [0.5, 0.6) is 5.75 Å².